The number of carbonyl (C=O) groups excluding carboxylic acids is 1. The molecule has 1 aromatic carbocycles. The largest absolute Gasteiger partial charge is 0.492 e. The minimum Gasteiger partial charge on any atom is -0.492 e. The Hall–Kier alpha value is -0.940. The molecule has 1 aliphatic heterocycles. The van der Waals surface area contributed by atoms with Gasteiger partial charge in [0.15, 0.2) is 0 Å². The first kappa shape index (κ1) is 17.4. The van der Waals surface area contributed by atoms with E-state index in [0.717, 1.165) is 10.9 Å². The number of ether oxygens (including phenoxy) is 2. The molecule has 1 fully saturated rings. The third kappa shape index (κ3) is 4.78. The van der Waals surface area contributed by atoms with E-state index in [-0.39, 0.29) is 6.09 Å². The molecule has 0 radical (unpaired) electrons. The average Bonchev–Trinajstić information content (AvgIpc) is 2.87. The highest BCUT2D eigenvalue weighted by Crippen LogP contribution is 2.32. The maximum atomic E-state index is 12.0. The molecule has 0 aliphatic carbocycles. The van der Waals surface area contributed by atoms with E-state index < -0.39 is 5.60 Å². The Kier molecular flexibility index (Phi) is 5.61. The third-order valence-electron chi connectivity index (χ3n) is 3.33. The summed E-state index contributed by atoms with van der Waals surface area (Å²) < 4.78 is 12.0. The van der Waals surface area contributed by atoms with Crippen LogP contribution in [0.25, 0.3) is 0 Å². The van der Waals surface area contributed by atoms with Crippen LogP contribution in [0, 0.1) is 5.92 Å². The predicted octanol–water partition coefficient (Wildman–Crippen LogP) is 4.74. The number of carbonyl (C=O) groups is 1. The molecule has 1 aliphatic rings. The molecule has 1 aromatic rings. The summed E-state index contributed by atoms with van der Waals surface area (Å²) in [5, 5.41) is 0.574. The van der Waals surface area contributed by atoms with Crippen molar-refractivity contribution in [3.63, 3.8) is 0 Å². The van der Waals surface area contributed by atoms with Gasteiger partial charge in [-0.2, -0.15) is 0 Å². The summed E-state index contributed by atoms with van der Waals surface area (Å²) in [5.74, 6) is 0.953. The van der Waals surface area contributed by atoms with Gasteiger partial charge in [-0.3, -0.25) is 0 Å². The summed E-state index contributed by atoms with van der Waals surface area (Å²) in [6.07, 6.45) is 0.653. The lowest BCUT2D eigenvalue weighted by Gasteiger charge is -2.24. The van der Waals surface area contributed by atoms with Gasteiger partial charge in [-0.1, -0.05) is 17.7 Å². The van der Waals surface area contributed by atoms with E-state index in [1.807, 2.05) is 39.0 Å². The van der Waals surface area contributed by atoms with Crippen LogP contribution in [-0.4, -0.2) is 36.3 Å². The van der Waals surface area contributed by atoms with Crippen LogP contribution in [0.3, 0.4) is 0 Å². The van der Waals surface area contributed by atoms with Crippen LogP contribution in [0.2, 0.25) is 5.02 Å². The second-order valence-corrected chi connectivity index (χ2v) is 7.68. The first-order valence-corrected chi connectivity index (χ1v) is 8.48. The predicted molar refractivity (Wildman–Crippen MR) is 90.6 cm³/mol. The standard InChI is InChI=1S/C16H21BrClNO3/c1-16(2,3)22-15(20)19-8-7-11(9-19)10-21-13-6-4-5-12(17)14(13)18/h4-6,11H,7-10H2,1-3H3. The lowest BCUT2D eigenvalue weighted by molar-refractivity contribution is 0.0285. The molecule has 2 rings (SSSR count). The SMILES string of the molecule is CC(C)(C)OC(=O)N1CCC(COc2cccc(Br)c2Cl)C1. The third-order valence-corrected chi connectivity index (χ3v) is 4.61. The Morgan fingerprint density at radius 2 is 2.18 bits per heavy atom. The normalized spacial score (nSPS) is 18.4. The summed E-state index contributed by atoms with van der Waals surface area (Å²) in [6.45, 7) is 7.51. The van der Waals surface area contributed by atoms with Crippen molar-refractivity contribution in [2.24, 2.45) is 5.92 Å². The van der Waals surface area contributed by atoms with Crippen molar-refractivity contribution >= 4 is 33.6 Å². The van der Waals surface area contributed by atoms with E-state index in [0.29, 0.717) is 36.4 Å². The molecular weight excluding hydrogens is 370 g/mol. The average molecular weight is 391 g/mol. The van der Waals surface area contributed by atoms with Gasteiger partial charge in [0.05, 0.1) is 11.6 Å². The molecule has 4 nitrogen and oxygen atoms in total. The van der Waals surface area contributed by atoms with Gasteiger partial charge in [-0.15, -0.1) is 0 Å². The first-order chi connectivity index (χ1) is 10.3. The second-order valence-electron chi connectivity index (χ2n) is 6.44. The van der Waals surface area contributed by atoms with Crippen LogP contribution in [0.5, 0.6) is 5.75 Å². The Morgan fingerprint density at radius 3 is 2.86 bits per heavy atom. The van der Waals surface area contributed by atoms with Crippen LogP contribution in [0.1, 0.15) is 27.2 Å². The molecule has 0 bridgehead atoms. The summed E-state index contributed by atoms with van der Waals surface area (Å²) in [5.41, 5.74) is -0.463. The maximum Gasteiger partial charge on any atom is 0.410 e. The van der Waals surface area contributed by atoms with E-state index in [1.54, 1.807) is 4.90 Å². The topological polar surface area (TPSA) is 38.8 Å². The van der Waals surface area contributed by atoms with Crippen molar-refractivity contribution in [2.45, 2.75) is 32.8 Å². The van der Waals surface area contributed by atoms with Gasteiger partial charge in [0.1, 0.15) is 11.4 Å². The molecule has 0 saturated carbocycles. The summed E-state index contributed by atoms with van der Waals surface area (Å²) in [4.78, 5) is 13.8. The van der Waals surface area contributed by atoms with Crippen molar-refractivity contribution in [2.75, 3.05) is 19.7 Å². The number of nitrogens with zero attached hydrogens (tertiary/aromatic N) is 1. The first-order valence-electron chi connectivity index (χ1n) is 7.31. The van der Waals surface area contributed by atoms with Gasteiger partial charge < -0.3 is 14.4 Å². The van der Waals surface area contributed by atoms with Crippen molar-refractivity contribution in [3.8, 4) is 5.75 Å². The fourth-order valence-corrected chi connectivity index (χ4v) is 2.79. The highest BCUT2D eigenvalue weighted by atomic mass is 79.9. The quantitative estimate of drug-likeness (QED) is 0.748. The van der Waals surface area contributed by atoms with Gasteiger partial charge >= 0.3 is 6.09 Å². The molecule has 122 valence electrons. The van der Waals surface area contributed by atoms with Crippen LogP contribution < -0.4 is 4.74 Å². The summed E-state index contributed by atoms with van der Waals surface area (Å²) in [7, 11) is 0. The van der Waals surface area contributed by atoms with Crippen LogP contribution >= 0.6 is 27.5 Å². The van der Waals surface area contributed by atoms with Crippen molar-refractivity contribution in [1.29, 1.82) is 0 Å². The molecule has 1 unspecified atom stereocenters. The highest BCUT2D eigenvalue weighted by molar-refractivity contribution is 9.10. The molecule has 1 amide bonds. The fraction of sp³-hybridized carbons (Fsp3) is 0.562. The molecule has 0 aromatic heterocycles. The molecule has 0 N–H and O–H groups in total. The maximum absolute atomic E-state index is 12.0. The van der Waals surface area contributed by atoms with E-state index in [2.05, 4.69) is 15.9 Å². The minimum atomic E-state index is -0.463. The summed E-state index contributed by atoms with van der Waals surface area (Å²) in [6, 6.07) is 5.59. The lowest BCUT2D eigenvalue weighted by atomic mass is 10.1. The highest BCUT2D eigenvalue weighted by Gasteiger charge is 2.30. The zero-order chi connectivity index (χ0) is 16.3. The molecule has 0 spiro atoms. The number of hydrogen-bond acceptors (Lipinski definition) is 3. The van der Waals surface area contributed by atoms with Crippen molar-refractivity contribution in [3.05, 3.63) is 27.7 Å². The van der Waals surface area contributed by atoms with E-state index >= 15 is 0 Å². The van der Waals surface area contributed by atoms with Gasteiger partial charge in [-0.05, 0) is 55.3 Å². The Labute approximate surface area is 144 Å². The Morgan fingerprint density at radius 1 is 1.45 bits per heavy atom. The van der Waals surface area contributed by atoms with Crippen LogP contribution in [0.4, 0.5) is 4.79 Å². The zero-order valence-corrected chi connectivity index (χ0v) is 15.4. The molecule has 1 atom stereocenters. The number of hydrogen-bond donors (Lipinski definition) is 0. The van der Waals surface area contributed by atoms with E-state index in [9.17, 15) is 4.79 Å². The number of halogens is 2. The smallest absolute Gasteiger partial charge is 0.410 e. The van der Waals surface area contributed by atoms with Crippen LogP contribution in [-0.2, 0) is 4.74 Å². The van der Waals surface area contributed by atoms with Crippen molar-refractivity contribution in [1.82, 2.24) is 4.90 Å². The van der Waals surface area contributed by atoms with Gasteiger partial charge in [-0.25, -0.2) is 4.79 Å². The van der Waals surface area contributed by atoms with Crippen molar-refractivity contribution < 1.29 is 14.3 Å². The molecule has 22 heavy (non-hydrogen) atoms. The number of rotatable bonds is 3. The van der Waals surface area contributed by atoms with Gasteiger partial charge in [0.25, 0.3) is 0 Å². The van der Waals surface area contributed by atoms with Gasteiger partial charge in [0.2, 0.25) is 0 Å². The number of likely N-dealkylation sites (tertiary alicyclic amines) is 1. The fourth-order valence-electron chi connectivity index (χ4n) is 2.26. The Bertz CT molecular complexity index is 545. The monoisotopic (exact) mass is 389 g/mol. The van der Waals surface area contributed by atoms with E-state index in [4.69, 9.17) is 21.1 Å². The second kappa shape index (κ2) is 7.09. The molecular formula is C16H21BrClNO3. The Balaban J connectivity index is 1.84. The van der Waals surface area contributed by atoms with E-state index in [1.165, 1.54) is 0 Å². The number of amides is 1. The number of benzene rings is 1. The van der Waals surface area contributed by atoms with Crippen LogP contribution in [0.15, 0.2) is 22.7 Å². The lowest BCUT2D eigenvalue weighted by Crippen LogP contribution is -2.35. The molecule has 1 saturated heterocycles. The molecule has 1 heterocycles. The zero-order valence-electron chi connectivity index (χ0n) is 13.1. The molecule has 6 heteroatoms. The summed E-state index contributed by atoms with van der Waals surface area (Å²) >= 11 is 9.55. The minimum absolute atomic E-state index is 0.254. The van der Waals surface area contributed by atoms with Gasteiger partial charge in [0, 0.05) is 23.5 Å².